The van der Waals surface area contributed by atoms with E-state index in [9.17, 15) is 9.18 Å². The van der Waals surface area contributed by atoms with Gasteiger partial charge in [-0.15, -0.1) is 0 Å². The summed E-state index contributed by atoms with van der Waals surface area (Å²) in [5.74, 6) is 5.65. The lowest BCUT2D eigenvalue weighted by Crippen LogP contribution is -2.44. The van der Waals surface area contributed by atoms with Crippen molar-refractivity contribution in [1.29, 1.82) is 0 Å². The van der Waals surface area contributed by atoms with Crippen molar-refractivity contribution in [2.24, 2.45) is 11.8 Å². The highest BCUT2D eigenvalue weighted by molar-refractivity contribution is 5.68. The summed E-state index contributed by atoms with van der Waals surface area (Å²) >= 11 is 0. The number of hydrogen-bond acceptors (Lipinski definition) is 4. The highest BCUT2D eigenvalue weighted by Gasteiger charge is 2.33. The van der Waals surface area contributed by atoms with Gasteiger partial charge in [0, 0.05) is 19.1 Å². The third-order valence-corrected chi connectivity index (χ3v) is 4.00. The molecule has 1 aliphatic heterocycles. The zero-order valence-corrected chi connectivity index (χ0v) is 14.0. The molecule has 0 saturated carbocycles. The Morgan fingerprint density at radius 2 is 2.26 bits per heavy atom. The normalized spacial score (nSPS) is 19.7. The van der Waals surface area contributed by atoms with Crippen LogP contribution in [-0.2, 0) is 11.2 Å². The van der Waals surface area contributed by atoms with Crippen LogP contribution in [0.2, 0.25) is 0 Å². The van der Waals surface area contributed by atoms with Gasteiger partial charge in [-0.05, 0) is 57.2 Å². The van der Waals surface area contributed by atoms with Gasteiger partial charge in [-0.25, -0.2) is 9.18 Å². The first-order valence-electron chi connectivity index (χ1n) is 7.97. The molecular weight excluding hydrogens is 297 g/mol. The number of benzene rings is 1. The highest BCUT2D eigenvalue weighted by Crippen LogP contribution is 2.24. The molecule has 1 saturated heterocycles. The summed E-state index contributed by atoms with van der Waals surface area (Å²) in [7, 11) is 0. The Labute approximate surface area is 137 Å². The number of hydrogen-bond donors (Lipinski definition) is 2. The minimum Gasteiger partial charge on any atom is -0.444 e. The quantitative estimate of drug-likeness (QED) is 0.660. The van der Waals surface area contributed by atoms with Gasteiger partial charge in [-0.2, -0.15) is 0 Å². The molecule has 1 aliphatic rings. The van der Waals surface area contributed by atoms with Crippen LogP contribution in [0.1, 0.15) is 32.8 Å². The Balaban J connectivity index is 1.94. The van der Waals surface area contributed by atoms with E-state index in [-0.39, 0.29) is 23.9 Å². The molecule has 5 nitrogen and oxygen atoms in total. The number of nitrogens with two attached hydrogens (primary N) is 1. The van der Waals surface area contributed by atoms with Crippen molar-refractivity contribution in [3.05, 3.63) is 35.6 Å². The SMILES string of the molecule is CC(C)(C)OC(=O)N1CCC(C(Cc2cccc(F)c2)NN)C1. The number of nitrogens with one attached hydrogen (secondary N) is 1. The predicted molar refractivity (Wildman–Crippen MR) is 87.1 cm³/mol. The van der Waals surface area contributed by atoms with Crippen LogP contribution in [0.4, 0.5) is 9.18 Å². The van der Waals surface area contributed by atoms with Crippen molar-refractivity contribution >= 4 is 6.09 Å². The molecule has 2 unspecified atom stereocenters. The zero-order chi connectivity index (χ0) is 17.0. The van der Waals surface area contributed by atoms with Crippen LogP contribution in [0.25, 0.3) is 0 Å². The van der Waals surface area contributed by atoms with E-state index in [0.717, 1.165) is 12.0 Å². The van der Waals surface area contributed by atoms with Crippen LogP contribution < -0.4 is 11.3 Å². The third kappa shape index (κ3) is 5.18. The Hall–Kier alpha value is -1.66. The summed E-state index contributed by atoms with van der Waals surface area (Å²) in [5, 5.41) is 0. The fourth-order valence-corrected chi connectivity index (χ4v) is 2.89. The molecule has 2 atom stereocenters. The second-order valence-electron chi connectivity index (χ2n) is 7.08. The van der Waals surface area contributed by atoms with Gasteiger partial charge < -0.3 is 9.64 Å². The number of ether oxygens (including phenoxy) is 1. The van der Waals surface area contributed by atoms with Crippen LogP contribution in [0.15, 0.2) is 24.3 Å². The molecule has 3 N–H and O–H groups in total. The van der Waals surface area contributed by atoms with Crippen molar-refractivity contribution in [2.45, 2.75) is 45.3 Å². The molecule has 0 aliphatic carbocycles. The van der Waals surface area contributed by atoms with Crippen LogP contribution in [0, 0.1) is 11.7 Å². The fourth-order valence-electron chi connectivity index (χ4n) is 2.89. The summed E-state index contributed by atoms with van der Waals surface area (Å²) in [4.78, 5) is 13.8. The second kappa shape index (κ2) is 7.27. The number of amides is 1. The van der Waals surface area contributed by atoms with Crippen molar-refractivity contribution in [3.63, 3.8) is 0 Å². The van der Waals surface area contributed by atoms with E-state index in [4.69, 9.17) is 10.6 Å². The van der Waals surface area contributed by atoms with E-state index in [1.165, 1.54) is 12.1 Å². The average Bonchev–Trinajstić information content (AvgIpc) is 2.93. The highest BCUT2D eigenvalue weighted by atomic mass is 19.1. The van der Waals surface area contributed by atoms with Gasteiger partial charge in [-0.1, -0.05) is 12.1 Å². The van der Waals surface area contributed by atoms with Crippen LogP contribution >= 0.6 is 0 Å². The molecule has 1 heterocycles. The molecule has 6 heteroatoms. The number of hydrazine groups is 1. The first-order chi connectivity index (χ1) is 10.8. The van der Waals surface area contributed by atoms with E-state index in [1.807, 2.05) is 26.8 Å². The summed E-state index contributed by atoms with van der Waals surface area (Å²) in [6.45, 7) is 6.81. The first-order valence-corrected chi connectivity index (χ1v) is 7.97. The number of likely N-dealkylation sites (tertiary alicyclic amines) is 1. The monoisotopic (exact) mass is 323 g/mol. The number of halogens is 1. The first kappa shape index (κ1) is 17.7. The van der Waals surface area contributed by atoms with Crippen molar-refractivity contribution < 1.29 is 13.9 Å². The van der Waals surface area contributed by atoms with E-state index < -0.39 is 5.60 Å². The minimum atomic E-state index is -0.498. The van der Waals surface area contributed by atoms with E-state index in [1.54, 1.807) is 11.0 Å². The predicted octanol–water partition coefficient (Wildman–Crippen LogP) is 2.46. The number of nitrogens with zero attached hydrogens (tertiary/aromatic N) is 1. The van der Waals surface area contributed by atoms with Gasteiger partial charge in [0.05, 0.1) is 0 Å². The van der Waals surface area contributed by atoms with Crippen LogP contribution in [0.5, 0.6) is 0 Å². The molecule has 1 amide bonds. The maximum absolute atomic E-state index is 13.3. The van der Waals surface area contributed by atoms with Gasteiger partial charge in [-0.3, -0.25) is 11.3 Å². The molecule has 0 bridgehead atoms. The number of rotatable bonds is 4. The van der Waals surface area contributed by atoms with Gasteiger partial charge >= 0.3 is 6.09 Å². The van der Waals surface area contributed by atoms with Crippen molar-refractivity contribution in [2.75, 3.05) is 13.1 Å². The lowest BCUT2D eigenvalue weighted by atomic mass is 9.93. The molecule has 0 radical (unpaired) electrons. The molecule has 128 valence electrons. The third-order valence-electron chi connectivity index (χ3n) is 4.00. The van der Waals surface area contributed by atoms with Gasteiger partial charge in [0.25, 0.3) is 0 Å². The Morgan fingerprint density at radius 1 is 1.52 bits per heavy atom. The summed E-state index contributed by atoms with van der Waals surface area (Å²) in [6, 6.07) is 6.51. The van der Waals surface area contributed by atoms with Gasteiger partial charge in [0.15, 0.2) is 0 Å². The van der Waals surface area contributed by atoms with Crippen molar-refractivity contribution in [1.82, 2.24) is 10.3 Å². The smallest absolute Gasteiger partial charge is 0.410 e. The maximum atomic E-state index is 13.3. The second-order valence-corrected chi connectivity index (χ2v) is 7.08. The van der Waals surface area contributed by atoms with Crippen LogP contribution in [0.3, 0.4) is 0 Å². The van der Waals surface area contributed by atoms with E-state index in [2.05, 4.69) is 5.43 Å². The molecule has 23 heavy (non-hydrogen) atoms. The fraction of sp³-hybridized carbons (Fsp3) is 0.588. The van der Waals surface area contributed by atoms with Crippen molar-refractivity contribution in [3.8, 4) is 0 Å². The standard InChI is InChI=1S/C17H26FN3O2/c1-17(2,3)23-16(22)21-8-7-13(11-21)15(20-19)10-12-5-4-6-14(18)9-12/h4-6,9,13,15,20H,7-8,10-11,19H2,1-3H3. The molecule has 2 rings (SSSR count). The number of carbonyl (C=O) groups excluding carboxylic acids is 1. The Morgan fingerprint density at radius 3 is 2.87 bits per heavy atom. The Kier molecular flexibility index (Phi) is 5.59. The largest absolute Gasteiger partial charge is 0.444 e. The summed E-state index contributed by atoms with van der Waals surface area (Å²) < 4.78 is 18.7. The van der Waals surface area contributed by atoms with Gasteiger partial charge in [0.2, 0.25) is 0 Å². The molecule has 1 aromatic carbocycles. The maximum Gasteiger partial charge on any atom is 0.410 e. The minimum absolute atomic E-state index is 0.00997. The van der Waals surface area contributed by atoms with E-state index >= 15 is 0 Å². The van der Waals surface area contributed by atoms with Gasteiger partial charge in [0.1, 0.15) is 11.4 Å². The van der Waals surface area contributed by atoms with E-state index in [0.29, 0.717) is 19.5 Å². The molecule has 0 aromatic heterocycles. The summed E-state index contributed by atoms with van der Waals surface area (Å²) in [6.07, 6.45) is 1.19. The summed E-state index contributed by atoms with van der Waals surface area (Å²) in [5.41, 5.74) is 3.21. The molecule has 1 fully saturated rings. The molecule has 1 aromatic rings. The topological polar surface area (TPSA) is 67.6 Å². The number of carbonyl (C=O) groups is 1. The Bertz CT molecular complexity index is 545. The average molecular weight is 323 g/mol. The van der Waals surface area contributed by atoms with Crippen LogP contribution in [-0.4, -0.2) is 35.7 Å². The lowest BCUT2D eigenvalue weighted by Gasteiger charge is -2.26. The zero-order valence-electron chi connectivity index (χ0n) is 14.0. The lowest BCUT2D eigenvalue weighted by molar-refractivity contribution is 0.0285. The molecular formula is C17H26FN3O2. The molecule has 0 spiro atoms.